The molecule has 2 aliphatic rings. The summed E-state index contributed by atoms with van der Waals surface area (Å²) >= 11 is 0. The van der Waals surface area contributed by atoms with E-state index < -0.39 is 0 Å². The largest absolute Gasteiger partial charge is 0.457 e. The maximum atomic E-state index is 12.4. The monoisotopic (exact) mass is 406 g/mol. The quantitative estimate of drug-likeness (QED) is 0.334. The summed E-state index contributed by atoms with van der Waals surface area (Å²) in [5.74, 6) is 1.05. The lowest BCUT2D eigenvalue weighted by Gasteiger charge is -2.41. The van der Waals surface area contributed by atoms with E-state index in [4.69, 9.17) is 9.47 Å². The van der Waals surface area contributed by atoms with Crippen molar-refractivity contribution in [1.29, 1.82) is 0 Å². The molecule has 3 nitrogen and oxygen atoms in total. The van der Waals surface area contributed by atoms with E-state index in [9.17, 15) is 4.79 Å². The fraction of sp³-hybridized carbons (Fsp3) is 0.885. The topological polar surface area (TPSA) is 35.5 Å². The summed E-state index contributed by atoms with van der Waals surface area (Å²) in [6, 6.07) is 0. The van der Waals surface area contributed by atoms with Crippen molar-refractivity contribution in [1.82, 2.24) is 0 Å². The van der Waals surface area contributed by atoms with E-state index >= 15 is 0 Å². The highest BCUT2D eigenvalue weighted by atomic mass is 16.6. The number of hydrogen-bond acceptors (Lipinski definition) is 3. The molecular formula is C26H46O3. The molecule has 0 radical (unpaired) electrons. The minimum Gasteiger partial charge on any atom is -0.457 e. The molecule has 3 atom stereocenters. The van der Waals surface area contributed by atoms with Crippen LogP contribution in [0.15, 0.2) is 12.2 Å². The molecule has 0 amide bonds. The van der Waals surface area contributed by atoms with Crippen LogP contribution in [0, 0.1) is 22.7 Å². The number of esters is 1. The number of carbonyl (C=O) groups excluding carboxylic acids is 1. The van der Waals surface area contributed by atoms with Crippen molar-refractivity contribution >= 4 is 5.97 Å². The number of carbonyl (C=O) groups is 1. The fourth-order valence-corrected chi connectivity index (χ4v) is 5.22. The van der Waals surface area contributed by atoms with Crippen LogP contribution in [0.5, 0.6) is 0 Å². The molecule has 0 aromatic rings. The van der Waals surface area contributed by atoms with Crippen LogP contribution >= 0.6 is 0 Å². The molecule has 2 aliphatic carbocycles. The maximum Gasteiger partial charge on any atom is 0.332 e. The third kappa shape index (κ3) is 7.74. The summed E-state index contributed by atoms with van der Waals surface area (Å²) in [6.45, 7) is 16.3. The van der Waals surface area contributed by atoms with E-state index in [1.165, 1.54) is 12.8 Å². The van der Waals surface area contributed by atoms with Crippen molar-refractivity contribution in [2.45, 2.75) is 118 Å². The Labute approximate surface area is 180 Å². The molecule has 0 spiro atoms. The predicted octanol–water partition coefficient (Wildman–Crippen LogP) is 7.09. The Balaban J connectivity index is 1.86. The lowest BCUT2D eigenvalue weighted by Crippen LogP contribution is -2.38. The molecule has 1 saturated carbocycles. The van der Waals surface area contributed by atoms with Gasteiger partial charge in [0, 0.05) is 0 Å². The summed E-state index contributed by atoms with van der Waals surface area (Å²) < 4.78 is 11.8. The van der Waals surface area contributed by atoms with Gasteiger partial charge in [0.2, 0.25) is 0 Å². The molecule has 0 aliphatic heterocycles. The van der Waals surface area contributed by atoms with E-state index in [0.717, 1.165) is 44.9 Å². The standard InChI is InChI=1S/C26H46O3/c1-8-26(16-10-9-11-17-26)29-23(27)19-28-21-14-12-20(13-15-21)22(25(5,6)7)18-24(2,3)4/h12,14,20-22H,8-11,13,15-19H2,1-7H3. The first kappa shape index (κ1) is 24.4. The van der Waals surface area contributed by atoms with Crippen molar-refractivity contribution in [2.24, 2.45) is 22.7 Å². The minimum absolute atomic E-state index is 0.0398. The average Bonchev–Trinajstić information content (AvgIpc) is 2.64. The molecule has 168 valence electrons. The van der Waals surface area contributed by atoms with Gasteiger partial charge in [-0.05, 0) is 74.0 Å². The number of allylic oxidation sites excluding steroid dienone is 1. The van der Waals surface area contributed by atoms with Crippen LogP contribution in [0.4, 0.5) is 0 Å². The molecular weight excluding hydrogens is 360 g/mol. The molecule has 3 heteroatoms. The molecule has 0 aromatic carbocycles. The molecule has 0 saturated heterocycles. The Morgan fingerprint density at radius 1 is 1.03 bits per heavy atom. The van der Waals surface area contributed by atoms with Crippen LogP contribution in [0.25, 0.3) is 0 Å². The summed E-state index contributed by atoms with van der Waals surface area (Å²) in [5, 5.41) is 0. The van der Waals surface area contributed by atoms with Gasteiger partial charge in [0.15, 0.2) is 0 Å². The summed E-state index contributed by atoms with van der Waals surface area (Å²) in [4.78, 5) is 12.4. The lowest BCUT2D eigenvalue weighted by molar-refractivity contribution is -0.170. The van der Waals surface area contributed by atoms with Crippen molar-refractivity contribution in [3.8, 4) is 0 Å². The van der Waals surface area contributed by atoms with Crippen molar-refractivity contribution < 1.29 is 14.3 Å². The Morgan fingerprint density at radius 3 is 2.17 bits per heavy atom. The number of ether oxygens (including phenoxy) is 2. The Morgan fingerprint density at radius 2 is 1.69 bits per heavy atom. The first-order chi connectivity index (χ1) is 13.4. The highest BCUT2D eigenvalue weighted by Crippen LogP contribution is 2.44. The lowest BCUT2D eigenvalue weighted by atomic mass is 9.64. The third-order valence-corrected chi connectivity index (χ3v) is 6.97. The normalized spacial score (nSPS) is 26.2. The van der Waals surface area contributed by atoms with Gasteiger partial charge in [0.1, 0.15) is 12.2 Å². The second-order valence-corrected chi connectivity index (χ2v) is 11.8. The van der Waals surface area contributed by atoms with Gasteiger partial charge in [-0.3, -0.25) is 0 Å². The second-order valence-electron chi connectivity index (χ2n) is 11.8. The SMILES string of the molecule is CCC1(OC(=O)COC2C=CC(C(CC(C)(C)C)C(C)(C)C)CC2)CCCCC1. The molecule has 0 aromatic heterocycles. The minimum atomic E-state index is -0.237. The van der Waals surface area contributed by atoms with Crippen LogP contribution in [-0.4, -0.2) is 24.3 Å². The zero-order valence-electron chi connectivity index (χ0n) is 20.2. The molecule has 0 N–H and O–H groups in total. The Kier molecular flexibility index (Phi) is 8.41. The zero-order valence-corrected chi connectivity index (χ0v) is 20.2. The molecule has 29 heavy (non-hydrogen) atoms. The second kappa shape index (κ2) is 9.98. The average molecular weight is 407 g/mol. The van der Waals surface area contributed by atoms with Gasteiger partial charge in [-0.1, -0.05) is 67.0 Å². The van der Waals surface area contributed by atoms with Crippen molar-refractivity contribution in [3.63, 3.8) is 0 Å². The third-order valence-electron chi connectivity index (χ3n) is 6.97. The van der Waals surface area contributed by atoms with Gasteiger partial charge < -0.3 is 9.47 Å². The fourth-order valence-electron chi connectivity index (χ4n) is 5.22. The first-order valence-electron chi connectivity index (χ1n) is 12.0. The first-order valence-corrected chi connectivity index (χ1v) is 12.0. The van der Waals surface area contributed by atoms with E-state index in [1.807, 2.05) is 0 Å². The van der Waals surface area contributed by atoms with Gasteiger partial charge in [0.05, 0.1) is 6.10 Å². The van der Waals surface area contributed by atoms with Crippen LogP contribution in [0.3, 0.4) is 0 Å². The van der Waals surface area contributed by atoms with E-state index in [0.29, 0.717) is 17.3 Å². The summed E-state index contributed by atoms with van der Waals surface area (Å²) in [6.07, 6.45) is 14.4. The molecule has 0 bridgehead atoms. The van der Waals surface area contributed by atoms with Crippen LogP contribution in [0.1, 0.15) is 106 Å². The maximum absolute atomic E-state index is 12.4. The number of hydrogen-bond donors (Lipinski definition) is 0. The van der Waals surface area contributed by atoms with Crippen LogP contribution in [-0.2, 0) is 14.3 Å². The highest BCUT2D eigenvalue weighted by Gasteiger charge is 2.36. The highest BCUT2D eigenvalue weighted by molar-refractivity contribution is 5.71. The Bertz CT molecular complexity index is 543. The predicted molar refractivity (Wildman–Crippen MR) is 121 cm³/mol. The molecule has 2 rings (SSSR count). The van der Waals surface area contributed by atoms with Crippen molar-refractivity contribution in [3.05, 3.63) is 12.2 Å². The molecule has 3 unspecified atom stereocenters. The summed E-state index contributed by atoms with van der Waals surface area (Å²) in [7, 11) is 0. The van der Waals surface area contributed by atoms with Gasteiger partial charge >= 0.3 is 5.97 Å². The van der Waals surface area contributed by atoms with Crippen molar-refractivity contribution in [2.75, 3.05) is 6.61 Å². The smallest absolute Gasteiger partial charge is 0.332 e. The van der Waals surface area contributed by atoms with E-state index in [1.54, 1.807) is 0 Å². The van der Waals surface area contributed by atoms with E-state index in [2.05, 4.69) is 60.6 Å². The van der Waals surface area contributed by atoms with Crippen LogP contribution < -0.4 is 0 Å². The zero-order chi connectivity index (χ0) is 21.7. The molecule has 0 heterocycles. The summed E-state index contributed by atoms with van der Waals surface area (Å²) in [5.41, 5.74) is 0.380. The van der Waals surface area contributed by atoms with E-state index in [-0.39, 0.29) is 29.7 Å². The Hall–Kier alpha value is -0.830. The van der Waals surface area contributed by atoms with Gasteiger partial charge in [-0.2, -0.15) is 0 Å². The van der Waals surface area contributed by atoms with Gasteiger partial charge in [-0.25, -0.2) is 4.79 Å². The van der Waals surface area contributed by atoms with Gasteiger partial charge in [0.25, 0.3) is 0 Å². The number of rotatable bonds is 7. The van der Waals surface area contributed by atoms with Gasteiger partial charge in [-0.15, -0.1) is 0 Å². The van der Waals surface area contributed by atoms with Crippen LogP contribution in [0.2, 0.25) is 0 Å². The molecule has 1 fully saturated rings.